The number of ether oxygens (including phenoxy) is 1. The van der Waals surface area contributed by atoms with E-state index in [0.717, 1.165) is 33.5 Å². The third kappa shape index (κ3) is 5.08. The first-order valence-electron chi connectivity index (χ1n) is 8.67. The molecule has 1 heterocycles. The molecular weight excluding hydrogens is 396 g/mol. The molecule has 2 N–H and O–H groups in total. The number of amides is 2. The van der Waals surface area contributed by atoms with Crippen LogP contribution in [0, 0.1) is 0 Å². The molecule has 5 nitrogen and oxygen atoms in total. The second-order valence-corrected chi connectivity index (χ2v) is 7.01. The zero-order valence-electron chi connectivity index (χ0n) is 14.4. The predicted octanol–water partition coefficient (Wildman–Crippen LogP) is 3.46. The first-order valence-corrected chi connectivity index (χ1v) is 9.47. The van der Waals surface area contributed by atoms with E-state index in [1.807, 2.05) is 42.5 Å². The Morgan fingerprint density at radius 2 is 2.04 bits per heavy atom. The molecule has 0 unspecified atom stereocenters. The molecule has 0 aromatic heterocycles. The third-order valence-electron chi connectivity index (χ3n) is 4.24. The number of nitrogens with one attached hydrogen (secondary N) is 2. The summed E-state index contributed by atoms with van der Waals surface area (Å²) in [6, 6.07) is 13.6. The van der Waals surface area contributed by atoms with E-state index in [4.69, 9.17) is 4.74 Å². The molecule has 6 heteroatoms. The minimum atomic E-state index is 0.0116. The lowest BCUT2D eigenvalue weighted by Crippen LogP contribution is -2.28. The van der Waals surface area contributed by atoms with E-state index in [0.29, 0.717) is 32.4 Å². The van der Waals surface area contributed by atoms with Crippen molar-refractivity contribution in [2.24, 2.45) is 0 Å². The van der Waals surface area contributed by atoms with Crippen LogP contribution in [-0.4, -0.2) is 25.0 Å². The second kappa shape index (κ2) is 8.85. The van der Waals surface area contributed by atoms with Crippen LogP contribution in [0.4, 0.5) is 5.69 Å². The Bertz CT molecular complexity index is 807. The minimum absolute atomic E-state index is 0.0116. The zero-order valence-corrected chi connectivity index (χ0v) is 16.0. The van der Waals surface area contributed by atoms with Crippen LogP contribution < -0.4 is 15.4 Å². The molecular formula is C20H21BrN2O3. The van der Waals surface area contributed by atoms with E-state index in [9.17, 15) is 9.59 Å². The van der Waals surface area contributed by atoms with E-state index in [2.05, 4.69) is 26.6 Å². The monoisotopic (exact) mass is 416 g/mol. The molecule has 0 fully saturated rings. The van der Waals surface area contributed by atoms with Crippen molar-refractivity contribution in [3.05, 3.63) is 58.1 Å². The molecule has 26 heavy (non-hydrogen) atoms. The lowest BCUT2D eigenvalue weighted by Gasteiger charge is -2.17. The van der Waals surface area contributed by atoms with Crippen molar-refractivity contribution >= 4 is 33.4 Å². The molecule has 1 aliphatic heterocycles. The van der Waals surface area contributed by atoms with E-state index in [1.165, 1.54) is 0 Å². The largest absolute Gasteiger partial charge is 0.492 e. The predicted molar refractivity (Wildman–Crippen MR) is 104 cm³/mol. The fourth-order valence-electron chi connectivity index (χ4n) is 2.85. The van der Waals surface area contributed by atoms with Gasteiger partial charge in [-0.15, -0.1) is 0 Å². The first kappa shape index (κ1) is 18.5. The molecule has 2 aromatic rings. The molecule has 0 bridgehead atoms. The van der Waals surface area contributed by atoms with Crippen LogP contribution in [-0.2, 0) is 22.4 Å². The van der Waals surface area contributed by atoms with Crippen LogP contribution in [0.1, 0.15) is 24.0 Å². The van der Waals surface area contributed by atoms with Crippen molar-refractivity contribution in [2.75, 3.05) is 18.5 Å². The minimum Gasteiger partial charge on any atom is -0.492 e. The molecule has 3 rings (SSSR count). The van der Waals surface area contributed by atoms with Crippen LogP contribution in [0.15, 0.2) is 46.9 Å². The van der Waals surface area contributed by atoms with Crippen molar-refractivity contribution in [3.63, 3.8) is 0 Å². The van der Waals surface area contributed by atoms with Gasteiger partial charge in [0.1, 0.15) is 12.4 Å². The number of fused-ring (bicyclic) bond motifs is 1. The summed E-state index contributed by atoms with van der Waals surface area (Å²) in [7, 11) is 0. The molecule has 1 aliphatic rings. The Hall–Kier alpha value is -2.34. The summed E-state index contributed by atoms with van der Waals surface area (Å²) in [4.78, 5) is 23.3. The molecule has 0 radical (unpaired) electrons. The van der Waals surface area contributed by atoms with Crippen LogP contribution in [0.25, 0.3) is 0 Å². The summed E-state index contributed by atoms with van der Waals surface area (Å²) in [5.74, 6) is 0.816. The Morgan fingerprint density at radius 1 is 1.19 bits per heavy atom. The van der Waals surface area contributed by atoms with E-state index >= 15 is 0 Å². The molecule has 136 valence electrons. The summed E-state index contributed by atoms with van der Waals surface area (Å²) in [5, 5.41) is 5.72. The fraction of sp³-hybridized carbons (Fsp3) is 0.300. The standard InChI is InChI=1S/C20H21BrN2O3/c21-17-4-2-1-3-14(17)5-9-19(24)22-11-12-26-16-7-8-18-15(13-16)6-10-20(25)23-18/h1-4,7-8,13H,5-6,9-12H2,(H,22,24)(H,23,25). The first-order chi connectivity index (χ1) is 12.6. The van der Waals surface area contributed by atoms with Crippen molar-refractivity contribution < 1.29 is 14.3 Å². The van der Waals surface area contributed by atoms with Gasteiger partial charge in [-0.25, -0.2) is 0 Å². The summed E-state index contributed by atoms with van der Waals surface area (Å²) in [6.07, 6.45) is 2.38. The summed E-state index contributed by atoms with van der Waals surface area (Å²) in [5.41, 5.74) is 3.06. The van der Waals surface area contributed by atoms with Crippen LogP contribution in [0.3, 0.4) is 0 Å². The topological polar surface area (TPSA) is 67.4 Å². The van der Waals surface area contributed by atoms with Gasteiger partial charge in [-0.3, -0.25) is 9.59 Å². The molecule has 2 amide bonds. The quantitative estimate of drug-likeness (QED) is 0.679. The zero-order chi connectivity index (χ0) is 18.4. The molecule has 0 atom stereocenters. The lowest BCUT2D eigenvalue weighted by atomic mass is 10.0. The van der Waals surface area contributed by atoms with Gasteiger partial charge >= 0.3 is 0 Å². The Kier molecular flexibility index (Phi) is 6.28. The molecule has 0 aliphatic carbocycles. The maximum Gasteiger partial charge on any atom is 0.224 e. The number of carbonyl (C=O) groups excluding carboxylic acids is 2. The van der Waals surface area contributed by atoms with Gasteiger partial charge in [-0.1, -0.05) is 34.1 Å². The fourth-order valence-corrected chi connectivity index (χ4v) is 3.33. The van der Waals surface area contributed by atoms with Gasteiger partial charge < -0.3 is 15.4 Å². The molecule has 2 aromatic carbocycles. The van der Waals surface area contributed by atoms with Gasteiger partial charge in [0.05, 0.1) is 6.54 Å². The highest BCUT2D eigenvalue weighted by Crippen LogP contribution is 2.26. The van der Waals surface area contributed by atoms with Gasteiger partial charge in [0, 0.05) is 23.0 Å². The number of benzene rings is 2. The highest BCUT2D eigenvalue weighted by molar-refractivity contribution is 9.10. The maximum absolute atomic E-state index is 11.9. The van der Waals surface area contributed by atoms with Crippen LogP contribution in [0.2, 0.25) is 0 Å². The summed E-state index contributed by atoms with van der Waals surface area (Å²) in [6.45, 7) is 0.870. The number of anilines is 1. The van der Waals surface area contributed by atoms with Gasteiger partial charge in [0.15, 0.2) is 0 Å². The smallest absolute Gasteiger partial charge is 0.224 e. The van der Waals surface area contributed by atoms with Gasteiger partial charge in [-0.2, -0.15) is 0 Å². The summed E-state index contributed by atoms with van der Waals surface area (Å²) >= 11 is 3.49. The third-order valence-corrected chi connectivity index (χ3v) is 5.02. The van der Waals surface area contributed by atoms with Crippen LogP contribution >= 0.6 is 15.9 Å². The normalized spacial score (nSPS) is 12.9. The van der Waals surface area contributed by atoms with Gasteiger partial charge in [0.2, 0.25) is 11.8 Å². The average Bonchev–Trinajstić information content (AvgIpc) is 2.64. The summed E-state index contributed by atoms with van der Waals surface area (Å²) < 4.78 is 6.72. The SMILES string of the molecule is O=C(CCc1ccccc1Br)NCCOc1ccc2c(c1)CCC(=O)N2. The molecule has 0 saturated heterocycles. The highest BCUT2D eigenvalue weighted by Gasteiger charge is 2.15. The number of hydrogen-bond donors (Lipinski definition) is 2. The number of rotatable bonds is 7. The van der Waals surface area contributed by atoms with Gasteiger partial charge in [0.25, 0.3) is 0 Å². The van der Waals surface area contributed by atoms with E-state index < -0.39 is 0 Å². The Morgan fingerprint density at radius 3 is 2.88 bits per heavy atom. The van der Waals surface area contributed by atoms with Gasteiger partial charge in [-0.05, 0) is 48.2 Å². The number of carbonyl (C=O) groups is 2. The van der Waals surface area contributed by atoms with Crippen molar-refractivity contribution in [3.8, 4) is 5.75 Å². The Balaban J connectivity index is 1.38. The Labute approximate surface area is 161 Å². The van der Waals surface area contributed by atoms with Crippen LogP contribution in [0.5, 0.6) is 5.75 Å². The van der Waals surface area contributed by atoms with E-state index in [1.54, 1.807) is 0 Å². The second-order valence-electron chi connectivity index (χ2n) is 6.16. The lowest BCUT2D eigenvalue weighted by molar-refractivity contribution is -0.121. The number of aryl methyl sites for hydroxylation is 2. The number of hydrogen-bond acceptors (Lipinski definition) is 3. The van der Waals surface area contributed by atoms with Crippen molar-refractivity contribution in [1.29, 1.82) is 0 Å². The van der Waals surface area contributed by atoms with E-state index in [-0.39, 0.29) is 11.8 Å². The molecule has 0 saturated carbocycles. The number of halogens is 1. The van der Waals surface area contributed by atoms with Crippen molar-refractivity contribution in [2.45, 2.75) is 25.7 Å². The molecule has 0 spiro atoms. The maximum atomic E-state index is 11.9. The highest BCUT2D eigenvalue weighted by atomic mass is 79.9. The average molecular weight is 417 g/mol. The van der Waals surface area contributed by atoms with Crippen molar-refractivity contribution in [1.82, 2.24) is 5.32 Å².